The number of aliphatic carboxylic acids is 1. The van der Waals surface area contributed by atoms with Gasteiger partial charge in [-0.05, 0) is 98.9 Å². The topological polar surface area (TPSA) is 132 Å². The Morgan fingerprint density at radius 2 is 1.62 bits per heavy atom. The molecule has 6 aliphatic rings. The van der Waals surface area contributed by atoms with Crippen molar-refractivity contribution in [2.75, 3.05) is 31.2 Å². The van der Waals surface area contributed by atoms with Crippen LogP contribution in [0.3, 0.4) is 0 Å². The number of aromatic nitrogens is 4. The highest BCUT2D eigenvalue weighted by atomic mass is 19.4. The van der Waals surface area contributed by atoms with Gasteiger partial charge in [0, 0.05) is 87.2 Å². The summed E-state index contributed by atoms with van der Waals surface area (Å²) in [5, 5.41) is 14.0. The number of carboxylic acid groups (broad SMARTS) is 1. The van der Waals surface area contributed by atoms with Gasteiger partial charge in [-0.3, -0.25) is 4.79 Å². The van der Waals surface area contributed by atoms with E-state index in [-0.39, 0.29) is 29.6 Å². The number of piperidine rings is 1. The number of pyridine rings is 1. The first kappa shape index (κ1) is 35.9. The van der Waals surface area contributed by atoms with E-state index in [2.05, 4.69) is 25.2 Å². The number of carbonyl (C=O) groups excluding carboxylic acids is 1. The molecule has 2 saturated heterocycles. The maximum Gasteiger partial charge on any atom is 0.434 e. The lowest BCUT2D eigenvalue weighted by Crippen LogP contribution is -2.70. The lowest BCUT2D eigenvalue weighted by Gasteiger charge is -2.59. The minimum Gasteiger partial charge on any atom is -0.490 e. The van der Waals surface area contributed by atoms with Crippen molar-refractivity contribution in [1.82, 2.24) is 24.8 Å². The molecule has 2 aliphatic heterocycles. The second-order valence-electron chi connectivity index (χ2n) is 16.3. The van der Waals surface area contributed by atoms with Crippen LogP contribution in [0.1, 0.15) is 85.5 Å². The monoisotopic (exact) mass is 758 g/mol. The van der Waals surface area contributed by atoms with Crippen LogP contribution in [-0.4, -0.2) is 74.4 Å². The van der Waals surface area contributed by atoms with Crippen LogP contribution in [0.2, 0.25) is 0 Å². The number of nitrogens with zero attached hydrogens (tertiary/aromatic N) is 5. The smallest absolute Gasteiger partial charge is 0.434 e. The zero-order valence-corrected chi connectivity index (χ0v) is 30.7. The second kappa shape index (κ2) is 13.8. The number of fused-ring (bicyclic) bond motifs is 1. The normalized spacial score (nSPS) is 27.1. The number of halogens is 3. The van der Waals surface area contributed by atoms with E-state index in [1.54, 1.807) is 18.5 Å². The van der Waals surface area contributed by atoms with Crippen molar-refractivity contribution in [2.45, 2.75) is 81.5 Å². The molecule has 2 N–H and O–H groups in total. The molecule has 5 heterocycles. The molecule has 10 rings (SSSR count). The quantitative estimate of drug-likeness (QED) is 0.195. The first-order chi connectivity index (χ1) is 26.5. The van der Waals surface area contributed by atoms with Gasteiger partial charge in [0.25, 0.3) is 5.91 Å². The summed E-state index contributed by atoms with van der Waals surface area (Å²) in [4.78, 5) is 42.0. The van der Waals surface area contributed by atoms with E-state index >= 15 is 0 Å². The molecule has 0 unspecified atom stereocenters. The van der Waals surface area contributed by atoms with Crippen LogP contribution in [-0.2, 0) is 22.8 Å². The number of carbonyl (C=O) groups is 2. The molecule has 0 atom stereocenters. The summed E-state index contributed by atoms with van der Waals surface area (Å²) in [6, 6.07) is 10.1. The van der Waals surface area contributed by atoms with E-state index in [0.717, 1.165) is 48.9 Å². The molecular weight excluding hydrogens is 713 g/mol. The van der Waals surface area contributed by atoms with Gasteiger partial charge in [0.15, 0.2) is 5.69 Å². The highest BCUT2D eigenvalue weighted by Crippen LogP contribution is 2.58. The molecule has 1 aromatic carbocycles. The van der Waals surface area contributed by atoms with Gasteiger partial charge >= 0.3 is 12.1 Å². The van der Waals surface area contributed by atoms with Crippen molar-refractivity contribution in [3.05, 3.63) is 65.7 Å². The van der Waals surface area contributed by atoms with Crippen molar-refractivity contribution >= 4 is 28.7 Å². The number of hydrogen-bond donors (Lipinski definition) is 2. The van der Waals surface area contributed by atoms with Gasteiger partial charge in [-0.15, -0.1) is 0 Å². The van der Waals surface area contributed by atoms with Crippen molar-refractivity contribution in [3.63, 3.8) is 0 Å². The highest BCUT2D eigenvalue weighted by Gasteiger charge is 2.62. The fourth-order valence-electron chi connectivity index (χ4n) is 10.8. The van der Waals surface area contributed by atoms with Gasteiger partial charge in [0.2, 0.25) is 5.95 Å². The summed E-state index contributed by atoms with van der Waals surface area (Å²) in [5.41, 5.74) is -1.26. The van der Waals surface area contributed by atoms with Crippen LogP contribution in [0.5, 0.6) is 5.75 Å². The Hall–Kier alpha value is -4.72. The molecule has 6 fully saturated rings. The van der Waals surface area contributed by atoms with E-state index < -0.39 is 34.8 Å². The van der Waals surface area contributed by atoms with Gasteiger partial charge in [-0.1, -0.05) is 0 Å². The summed E-state index contributed by atoms with van der Waals surface area (Å²) in [5.74, 6) is -0.663. The molecule has 55 heavy (non-hydrogen) atoms. The van der Waals surface area contributed by atoms with Gasteiger partial charge in [0.1, 0.15) is 17.4 Å². The number of carboxylic acids is 1. The highest BCUT2D eigenvalue weighted by molar-refractivity contribution is 6.01. The molecule has 290 valence electrons. The van der Waals surface area contributed by atoms with Gasteiger partial charge in [-0.25, -0.2) is 19.7 Å². The van der Waals surface area contributed by atoms with Crippen LogP contribution in [0.4, 0.5) is 19.1 Å². The summed E-state index contributed by atoms with van der Waals surface area (Å²) in [6.07, 6.45) is 5.10. The van der Waals surface area contributed by atoms with Crippen LogP contribution in [0.15, 0.2) is 48.8 Å². The van der Waals surface area contributed by atoms with Gasteiger partial charge in [-0.2, -0.15) is 13.2 Å². The standard InChI is InChI=1S/C41H45F3N6O5/c1-49-33-22-29(55-28-7-13-50(14-8-28)39-45-11-2-12-46-39)3-4-30(33)34(35(49)25-9-15-54-16-10-25)32-6-5-31(36(47-32)41(42,43)44)37(51)48-40(38(52)53)26-18-23-17-24(20-26)21-27(40)19-23/h2-6,11-12,22-28H,7-10,13-21H2,1H3,(H,48,51)(H,52,53). The van der Waals surface area contributed by atoms with Gasteiger partial charge < -0.3 is 29.4 Å². The third-order valence-electron chi connectivity index (χ3n) is 13.2. The number of rotatable bonds is 8. The van der Waals surface area contributed by atoms with Gasteiger partial charge in [0.05, 0.1) is 16.8 Å². The Morgan fingerprint density at radius 1 is 0.945 bits per heavy atom. The molecule has 11 nitrogen and oxygen atoms in total. The number of nitrogens with one attached hydrogen (secondary N) is 1. The molecule has 4 aromatic rings. The fraction of sp³-hybridized carbons (Fsp3) is 0.537. The molecular formula is C41H45F3N6O5. The molecule has 4 bridgehead atoms. The molecule has 0 spiro atoms. The summed E-state index contributed by atoms with van der Waals surface area (Å²) >= 11 is 0. The van der Waals surface area contributed by atoms with E-state index in [9.17, 15) is 27.9 Å². The maximum absolute atomic E-state index is 15.0. The van der Waals surface area contributed by atoms with Crippen LogP contribution < -0.4 is 15.0 Å². The Morgan fingerprint density at radius 3 is 2.25 bits per heavy atom. The number of hydrogen-bond acceptors (Lipinski definition) is 8. The fourth-order valence-corrected chi connectivity index (χ4v) is 10.8. The van der Waals surface area contributed by atoms with E-state index in [1.165, 1.54) is 12.1 Å². The zero-order valence-electron chi connectivity index (χ0n) is 30.7. The van der Waals surface area contributed by atoms with Crippen LogP contribution >= 0.6 is 0 Å². The zero-order chi connectivity index (χ0) is 38.1. The molecule has 1 amide bonds. The Kier molecular flexibility index (Phi) is 9.01. The average molecular weight is 759 g/mol. The molecule has 0 radical (unpaired) electrons. The van der Waals surface area contributed by atoms with Crippen molar-refractivity contribution in [3.8, 4) is 17.0 Å². The Labute approximate surface area is 316 Å². The summed E-state index contributed by atoms with van der Waals surface area (Å²) in [7, 11) is 1.92. The lowest BCUT2D eigenvalue weighted by molar-refractivity contribution is -0.163. The number of amides is 1. The Bertz CT molecular complexity index is 2080. The summed E-state index contributed by atoms with van der Waals surface area (Å²) in [6.45, 7) is 2.56. The average Bonchev–Trinajstić information content (AvgIpc) is 3.47. The largest absolute Gasteiger partial charge is 0.490 e. The minimum atomic E-state index is -4.98. The number of alkyl halides is 3. The molecule has 4 saturated carbocycles. The van der Waals surface area contributed by atoms with Crippen LogP contribution in [0, 0.1) is 23.7 Å². The van der Waals surface area contributed by atoms with E-state index in [1.807, 2.05) is 29.8 Å². The van der Waals surface area contributed by atoms with Crippen molar-refractivity contribution in [1.29, 1.82) is 0 Å². The molecule has 4 aliphatic carbocycles. The molecule has 3 aromatic heterocycles. The number of aryl methyl sites for hydroxylation is 1. The SMILES string of the molecule is Cn1c(C2CCOCC2)c(-c2ccc(C(=O)NC3(C(=O)O)C4CC5CC(C4)CC3C5)c(C(F)(F)F)n2)c2ccc(OC3CCN(c4ncccn4)CC3)cc21. The Balaban J connectivity index is 1.05. The third kappa shape index (κ3) is 6.30. The maximum atomic E-state index is 15.0. The van der Waals surface area contributed by atoms with E-state index in [4.69, 9.17) is 9.47 Å². The lowest BCUT2D eigenvalue weighted by atomic mass is 9.48. The first-order valence-corrected chi connectivity index (χ1v) is 19.5. The van der Waals surface area contributed by atoms with Crippen molar-refractivity contribution < 1.29 is 37.3 Å². The first-order valence-electron chi connectivity index (χ1n) is 19.5. The van der Waals surface area contributed by atoms with Crippen LogP contribution in [0.25, 0.3) is 22.2 Å². The summed E-state index contributed by atoms with van der Waals surface area (Å²) < 4.78 is 59.1. The predicted octanol–water partition coefficient (Wildman–Crippen LogP) is 7.00. The minimum absolute atomic E-state index is 0.00140. The number of anilines is 1. The number of benzene rings is 1. The predicted molar refractivity (Wildman–Crippen MR) is 197 cm³/mol. The number of ether oxygens (including phenoxy) is 2. The molecule has 14 heteroatoms. The van der Waals surface area contributed by atoms with E-state index in [0.29, 0.717) is 80.8 Å². The van der Waals surface area contributed by atoms with Crippen molar-refractivity contribution in [2.24, 2.45) is 30.7 Å². The second-order valence-corrected chi connectivity index (χ2v) is 16.3. The third-order valence-corrected chi connectivity index (χ3v) is 13.2.